The Balaban J connectivity index is 1.48. The van der Waals surface area contributed by atoms with Crippen molar-refractivity contribution in [3.63, 3.8) is 0 Å². The fourth-order valence-electron chi connectivity index (χ4n) is 4.35. The van der Waals surface area contributed by atoms with Gasteiger partial charge in [0.15, 0.2) is 0 Å². The summed E-state index contributed by atoms with van der Waals surface area (Å²) in [6.45, 7) is 3.60. The number of carboxylic acid groups (broad SMARTS) is 1. The topological polar surface area (TPSA) is 230 Å². The van der Waals surface area contributed by atoms with Gasteiger partial charge < -0.3 is 40.2 Å². The Morgan fingerprint density at radius 3 is 2.32 bits per heavy atom. The maximum atomic E-state index is 13.3. The van der Waals surface area contributed by atoms with E-state index in [0.717, 1.165) is 5.56 Å². The summed E-state index contributed by atoms with van der Waals surface area (Å²) >= 11 is 0. The lowest BCUT2D eigenvalue weighted by molar-refractivity contribution is -0.139. The Morgan fingerprint density at radius 1 is 1.05 bits per heavy atom. The van der Waals surface area contributed by atoms with Crippen LogP contribution in [0.15, 0.2) is 48.9 Å². The second-order valence-electron chi connectivity index (χ2n) is 10.1. The third-order valence-electron chi connectivity index (χ3n) is 6.60. The highest BCUT2D eigenvalue weighted by atomic mass is 31.2. The molecule has 16 nitrogen and oxygen atoms in total. The normalized spacial score (nSPS) is 16.5. The molecule has 0 aliphatic carbocycles. The van der Waals surface area contributed by atoms with Gasteiger partial charge in [-0.1, -0.05) is 30.3 Å². The number of carbonyl (C=O) groups is 4. The molecule has 1 aromatic heterocycles. The lowest BCUT2D eigenvalue weighted by atomic mass is 9.79. The molecule has 3 atom stereocenters. The van der Waals surface area contributed by atoms with Crippen molar-refractivity contribution < 1.29 is 47.9 Å². The third-order valence-corrected chi connectivity index (χ3v) is 7.63. The maximum Gasteiger partial charge on any atom is 0.480 e. The van der Waals surface area contributed by atoms with Crippen LogP contribution in [-0.4, -0.2) is 111 Å². The van der Waals surface area contributed by atoms with E-state index in [1.165, 1.54) is 18.6 Å². The van der Waals surface area contributed by atoms with Crippen molar-refractivity contribution in [2.45, 2.75) is 44.0 Å². The molecule has 2 heterocycles. The molecule has 6 N–H and O–H groups in total. The molecule has 2 aromatic rings. The molecule has 1 saturated heterocycles. The molecule has 1 aliphatic heterocycles. The number of aromatic nitrogens is 2. The molecule has 1 aromatic carbocycles. The van der Waals surface area contributed by atoms with Crippen LogP contribution in [0.2, 0.25) is 0 Å². The Bertz CT molecular complexity index is 1290. The van der Waals surface area contributed by atoms with Crippen molar-refractivity contribution in [1.82, 2.24) is 30.8 Å². The molecular formula is C26H36BN6O10P. The number of rotatable bonds is 14. The van der Waals surface area contributed by atoms with E-state index >= 15 is 0 Å². The number of carboxylic acids is 1. The first-order valence-corrected chi connectivity index (χ1v) is 15.6. The minimum atomic E-state index is -5.04. The minimum Gasteiger partial charge on any atom is -0.479 e. The molecule has 44 heavy (non-hydrogen) atoms. The molecule has 0 radical (unpaired) electrons. The first kappa shape index (κ1) is 34.8. The van der Waals surface area contributed by atoms with Gasteiger partial charge in [0.05, 0.1) is 12.1 Å². The highest BCUT2D eigenvalue weighted by Crippen LogP contribution is 2.39. The molecule has 3 rings (SSSR count). The molecule has 0 saturated carbocycles. The highest BCUT2D eigenvalue weighted by Gasteiger charge is 2.37. The highest BCUT2D eigenvalue weighted by molar-refractivity contribution is 7.53. The number of hydrogen-bond acceptors (Lipinski definition) is 10. The van der Waals surface area contributed by atoms with Crippen molar-refractivity contribution in [3.8, 4) is 0 Å². The van der Waals surface area contributed by atoms with E-state index in [2.05, 4.69) is 20.6 Å². The van der Waals surface area contributed by atoms with Crippen molar-refractivity contribution in [2.75, 3.05) is 32.8 Å². The van der Waals surface area contributed by atoms with E-state index in [9.17, 15) is 23.7 Å². The van der Waals surface area contributed by atoms with Crippen LogP contribution in [0.5, 0.6) is 0 Å². The van der Waals surface area contributed by atoms with Gasteiger partial charge in [-0.05, 0) is 25.5 Å². The third kappa shape index (κ3) is 11.4. The maximum absolute atomic E-state index is 13.3. The summed E-state index contributed by atoms with van der Waals surface area (Å²) in [5.74, 6) is -6.44. The fourth-order valence-corrected chi connectivity index (χ4v) is 4.95. The van der Waals surface area contributed by atoms with Crippen LogP contribution in [0.3, 0.4) is 0 Å². The summed E-state index contributed by atoms with van der Waals surface area (Å²) in [6.07, 6.45) is 4.54. The number of nitrogens with zero attached hydrogens (tertiary/aromatic N) is 3. The van der Waals surface area contributed by atoms with Gasteiger partial charge in [0, 0.05) is 51.5 Å². The Hall–Kier alpha value is -3.73. The number of aliphatic carboxylic acids is 1. The van der Waals surface area contributed by atoms with Gasteiger partial charge in [0.25, 0.3) is 5.91 Å². The van der Waals surface area contributed by atoms with Crippen LogP contribution >= 0.6 is 7.60 Å². The van der Waals surface area contributed by atoms with Crippen molar-refractivity contribution >= 4 is 38.4 Å². The Morgan fingerprint density at radius 2 is 1.73 bits per heavy atom. The zero-order valence-electron chi connectivity index (χ0n) is 24.1. The SMILES string of the molecule is C[C@@H](NC(=O)[C@@H](Cc1ccccc1)NC(=O)c1cnccn1)B1OCCN(CCCC(=O)NC(C(=O)O)P(=O)(O)O)CCO1. The van der Waals surface area contributed by atoms with Gasteiger partial charge in [-0.25, -0.2) is 9.78 Å². The zero-order chi connectivity index (χ0) is 32.1. The van der Waals surface area contributed by atoms with Gasteiger partial charge in [-0.3, -0.25) is 28.8 Å². The average molecular weight is 634 g/mol. The Labute approximate surface area is 254 Å². The summed E-state index contributed by atoms with van der Waals surface area (Å²) in [7, 11) is -5.81. The summed E-state index contributed by atoms with van der Waals surface area (Å²) in [6, 6.07) is 8.33. The summed E-state index contributed by atoms with van der Waals surface area (Å²) in [5.41, 5.74) is 0.924. The van der Waals surface area contributed by atoms with E-state index in [4.69, 9.17) is 24.2 Å². The monoisotopic (exact) mass is 634 g/mol. The summed E-state index contributed by atoms with van der Waals surface area (Å²) in [4.78, 5) is 77.1. The van der Waals surface area contributed by atoms with Crippen LogP contribution in [0.25, 0.3) is 0 Å². The molecule has 3 amide bonds. The zero-order valence-corrected chi connectivity index (χ0v) is 25.0. The molecule has 18 heteroatoms. The molecule has 238 valence electrons. The molecule has 1 unspecified atom stereocenters. The van der Waals surface area contributed by atoms with Crippen LogP contribution in [-0.2, 0) is 34.7 Å². The number of nitrogens with one attached hydrogen (secondary N) is 3. The van der Waals surface area contributed by atoms with E-state index in [1.807, 2.05) is 40.5 Å². The molecule has 1 aliphatic rings. The van der Waals surface area contributed by atoms with Crippen LogP contribution in [0.4, 0.5) is 0 Å². The van der Waals surface area contributed by atoms with E-state index < -0.39 is 56.2 Å². The predicted octanol–water partition coefficient (Wildman–Crippen LogP) is -0.817. The van der Waals surface area contributed by atoms with Gasteiger partial charge in [0.1, 0.15) is 11.7 Å². The standard InChI is InChI=1S/C26H36BN6O10P/c1-18(30-23(35)20(16-19-6-3-2-4-7-19)31-24(36)21-17-28-9-10-29-21)27-42-14-12-33(13-15-43-27)11-5-8-22(34)32-25(26(37)38)44(39,40)41/h2-4,6-7,9-10,17-18,20,25H,5,8,11-16H2,1H3,(H,30,35)(H,31,36)(H,32,34)(H,37,38)(H2,39,40,41)/t18-,20-,25?/m1/s1. The van der Waals surface area contributed by atoms with Gasteiger partial charge >= 0.3 is 20.7 Å². The fraction of sp³-hybridized carbons (Fsp3) is 0.462. The van der Waals surface area contributed by atoms with Crippen LogP contribution in [0.1, 0.15) is 35.8 Å². The van der Waals surface area contributed by atoms with Crippen molar-refractivity contribution in [3.05, 3.63) is 60.2 Å². The number of hydrogen-bond donors (Lipinski definition) is 6. The van der Waals surface area contributed by atoms with E-state index in [1.54, 1.807) is 6.92 Å². The summed E-state index contributed by atoms with van der Waals surface area (Å²) in [5, 5.41) is 16.4. The van der Waals surface area contributed by atoms with Crippen molar-refractivity contribution in [2.24, 2.45) is 0 Å². The van der Waals surface area contributed by atoms with E-state index in [0.29, 0.717) is 26.1 Å². The van der Waals surface area contributed by atoms with Gasteiger partial charge in [-0.2, -0.15) is 0 Å². The first-order chi connectivity index (χ1) is 20.9. The molecular weight excluding hydrogens is 598 g/mol. The molecule has 0 bridgehead atoms. The average Bonchev–Trinajstić information content (AvgIpc) is 2.96. The second kappa shape index (κ2) is 16.9. The van der Waals surface area contributed by atoms with Gasteiger partial charge in [0.2, 0.25) is 17.6 Å². The number of carbonyl (C=O) groups excluding carboxylic acids is 3. The smallest absolute Gasteiger partial charge is 0.479 e. The van der Waals surface area contributed by atoms with Gasteiger partial charge in [-0.15, -0.1) is 0 Å². The van der Waals surface area contributed by atoms with Crippen molar-refractivity contribution in [1.29, 1.82) is 0 Å². The lowest BCUT2D eigenvalue weighted by Gasteiger charge is -2.30. The largest absolute Gasteiger partial charge is 0.480 e. The molecule has 0 spiro atoms. The Kier molecular flexibility index (Phi) is 13.4. The summed E-state index contributed by atoms with van der Waals surface area (Å²) < 4.78 is 23.0. The first-order valence-electron chi connectivity index (χ1n) is 13.9. The number of amides is 3. The van der Waals surface area contributed by atoms with E-state index in [-0.39, 0.29) is 31.7 Å². The number of benzene rings is 1. The predicted molar refractivity (Wildman–Crippen MR) is 156 cm³/mol. The second-order valence-corrected chi connectivity index (χ2v) is 11.8. The molecule has 1 fully saturated rings. The lowest BCUT2D eigenvalue weighted by Crippen LogP contribution is -2.56. The van der Waals surface area contributed by atoms with Crippen LogP contribution in [0, 0.1) is 0 Å². The van der Waals surface area contributed by atoms with Crippen LogP contribution < -0.4 is 16.0 Å². The quantitative estimate of drug-likeness (QED) is 0.110. The minimum absolute atomic E-state index is 0.0777.